The van der Waals surface area contributed by atoms with E-state index in [2.05, 4.69) is 0 Å². The van der Waals surface area contributed by atoms with Gasteiger partial charge in [-0.25, -0.2) is 8.78 Å². The molecule has 0 unspecified atom stereocenters. The molecular formula is C6H4BF2IO. The summed E-state index contributed by atoms with van der Waals surface area (Å²) in [5.41, 5.74) is -0.0226. The Morgan fingerprint density at radius 3 is 2.45 bits per heavy atom. The molecule has 0 aliphatic heterocycles. The lowest BCUT2D eigenvalue weighted by atomic mass is 9.88. The fraction of sp³-hybridized carbons (Fsp3) is 0. The van der Waals surface area contributed by atoms with E-state index in [0.717, 1.165) is 18.2 Å². The second-order valence-electron chi connectivity index (χ2n) is 2.00. The molecule has 0 bridgehead atoms. The van der Waals surface area contributed by atoms with Crippen LogP contribution in [0.3, 0.4) is 0 Å². The van der Waals surface area contributed by atoms with E-state index in [-0.39, 0.29) is 5.46 Å². The Morgan fingerprint density at radius 2 is 2.00 bits per heavy atom. The Morgan fingerprint density at radius 1 is 1.36 bits per heavy atom. The molecule has 0 heterocycles. The van der Waals surface area contributed by atoms with Crippen LogP contribution >= 0.6 is 22.4 Å². The van der Waals surface area contributed by atoms with E-state index < -0.39 is 16.4 Å². The Labute approximate surface area is 76.4 Å². The van der Waals surface area contributed by atoms with Gasteiger partial charge in [0.2, 0.25) is 0 Å². The lowest BCUT2D eigenvalue weighted by Crippen LogP contribution is -2.26. The second-order valence-corrected chi connectivity index (χ2v) is 3.18. The Bertz CT molecular complexity index is 267. The van der Waals surface area contributed by atoms with Crippen molar-refractivity contribution < 1.29 is 13.8 Å². The number of rotatable bonds is 1. The zero-order valence-electron chi connectivity index (χ0n) is 5.39. The molecular weight excluding hydrogens is 264 g/mol. The normalized spacial score (nSPS) is 9.82. The Kier molecular flexibility index (Phi) is 2.83. The van der Waals surface area contributed by atoms with Crippen molar-refractivity contribution in [2.45, 2.75) is 0 Å². The largest absolute Gasteiger partial charge is 0.438 e. The molecule has 1 nitrogen and oxygen atoms in total. The van der Waals surface area contributed by atoms with Crippen LogP contribution < -0.4 is 5.46 Å². The van der Waals surface area contributed by atoms with Gasteiger partial charge in [-0.15, -0.1) is 22.4 Å². The van der Waals surface area contributed by atoms with E-state index in [0.29, 0.717) is 0 Å². The lowest BCUT2D eigenvalue weighted by Gasteiger charge is -2.00. The smallest absolute Gasteiger partial charge is 0.400 e. The molecule has 0 amide bonds. The molecule has 1 rings (SSSR count). The molecule has 1 aromatic rings. The number of hydrogen-bond acceptors (Lipinski definition) is 1. The molecule has 5 heteroatoms. The monoisotopic (exact) mass is 268 g/mol. The van der Waals surface area contributed by atoms with Crippen molar-refractivity contribution >= 4 is 32.6 Å². The minimum Gasteiger partial charge on any atom is -0.438 e. The zero-order valence-corrected chi connectivity index (χ0v) is 7.55. The average molecular weight is 268 g/mol. The quantitative estimate of drug-likeness (QED) is 0.597. The predicted octanol–water partition coefficient (Wildman–Crippen LogP) is 1.09. The summed E-state index contributed by atoms with van der Waals surface area (Å²) in [5, 5.41) is 8.91. The van der Waals surface area contributed by atoms with Gasteiger partial charge in [0.25, 0.3) is 0 Å². The fourth-order valence-electron chi connectivity index (χ4n) is 0.697. The molecule has 0 aliphatic carbocycles. The molecule has 0 spiro atoms. The molecule has 0 saturated carbocycles. The predicted molar refractivity (Wildman–Crippen MR) is 48.0 cm³/mol. The number of hydrogen-bond donors (Lipinski definition) is 1. The van der Waals surface area contributed by atoms with Gasteiger partial charge in [-0.3, -0.25) is 0 Å². The molecule has 0 radical (unpaired) electrons. The zero-order chi connectivity index (χ0) is 8.43. The standard InChI is InChI=1S/C6H4BF2IO/c8-4-1-2-6(9)5(3-4)7(10)11/h1-3,11H. The van der Waals surface area contributed by atoms with E-state index in [1.165, 1.54) is 0 Å². The van der Waals surface area contributed by atoms with Gasteiger partial charge in [0.1, 0.15) is 11.6 Å². The highest BCUT2D eigenvalue weighted by molar-refractivity contribution is 14.1. The van der Waals surface area contributed by atoms with E-state index in [4.69, 9.17) is 5.02 Å². The third kappa shape index (κ3) is 2.13. The highest BCUT2D eigenvalue weighted by Crippen LogP contribution is 2.02. The van der Waals surface area contributed by atoms with Crippen molar-refractivity contribution in [3.63, 3.8) is 0 Å². The maximum absolute atomic E-state index is 12.7. The van der Waals surface area contributed by atoms with Gasteiger partial charge in [0, 0.05) is 5.46 Å². The van der Waals surface area contributed by atoms with Gasteiger partial charge in [-0.05, 0) is 18.2 Å². The van der Waals surface area contributed by atoms with Crippen LogP contribution in [0.25, 0.3) is 0 Å². The van der Waals surface area contributed by atoms with Crippen molar-refractivity contribution in [2.75, 3.05) is 0 Å². The molecule has 11 heavy (non-hydrogen) atoms. The first-order valence-corrected chi connectivity index (χ1v) is 4.13. The summed E-state index contributed by atoms with van der Waals surface area (Å²) < 4.78 is 24.1. The van der Waals surface area contributed by atoms with Crippen molar-refractivity contribution in [2.24, 2.45) is 0 Å². The summed E-state index contributed by atoms with van der Waals surface area (Å²) in [7, 11) is 0. The maximum atomic E-state index is 12.7. The van der Waals surface area contributed by atoms with Crippen LogP contribution in [0.4, 0.5) is 8.78 Å². The summed E-state index contributed by atoms with van der Waals surface area (Å²) in [6.07, 6.45) is 0. The fourth-order valence-corrected chi connectivity index (χ4v) is 1.17. The number of halogens is 3. The molecule has 58 valence electrons. The van der Waals surface area contributed by atoms with Crippen molar-refractivity contribution in [1.82, 2.24) is 0 Å². The first-order chi connectivity index (χ1) is 5.11. The summed E-state index contributed by atoms with van der Waals surface area (Å²) in [5.74, 6) is -1.13. The van der Waals surface area contributed by atoms with Gasteiger partial charge >= 0.3 is 4.77 Å². The highest BCUT2D eigenvalue weighted by atomic mass is 127. The van der Waals surface area contributed by atoms with Crippen LogP contribution in [0.2, 0.25) is 0 Å². The first-order valence-electron chi connectivity index (χ1n) is 2.88. The SMILES string of the molecule is OB(I)c1cc(F)ccc1F. The van der Waals surface area contributed by atoms with Crippen LogP contribution in [-0.4, -0.2) is 9.80 Å². The van der Waals surface area contributed by atoms with Crippen LogP contribution in [0, 0.1) is 11.6 Å². The summed E-state index contributed by atoms with van der Waals surface area (Å²) in [6.45, 7) is 0. The minimum atomic E-state index is -0.997. The van der Waals surface area contributed by atoms with E-state index in [9.17, 15) is 8.78 Å². The minimum absolute atomic E-state index is 0.0226. The van der Waals surface area contributed by atoms with Gasteiger partial charge in [0.05, 0.1) is 0 Å². The lowest BCUT2D eigenvalue weighted by molar-refractivity contribution is 0.589. The van der Waals surface area contributed by atoms with Crippen LogP contribution in [0.15, 0.2) is 18.2 Å². The average Bonchev–Trinajstić information content (AvgIpc) is 1.94. The molecule has 0 fully saturated rings. The summed E-state index contributed by atoms with van der Waals surface area (Å²) in [4.78, 5) is 0. The van der Waals surface area contributed by atoms with E-state index in [1.54, 1.807) is 22.4 Å². The van der Waals surface area contributed by atoms with Gasteiger partial charge in [0.15, 0.2) is 0 Å². The van der Waals surface area contributed by atoms with Gasteiger partial charge in [-0.1, -0.05) is 0 Å². The maximum Gasteiger partial charge on any atom is 0.400 e. The summed E-state index contributed by atoms with van der Waals surface area (Å²) in [6, 6.07) is 2.98. The van der Waals surface area contributed by atoms with Crippen LogP contribution in [0.1, 0.15) is 0 Å². The molecule has 0 aromatic heterocycles. The van der Waals surface area contributed by atoms with Crippen molar-refractivity contribution in [3.05, 3.63) is 29.8 Å². The second kappa shape index (κ2) is 3.49. The van der Waals surface area contributed by atoms with Crippen molar-refractivity contribution in [3.8, 4) is 0 Å². The van der Waals surface area contributed by atoms with Crippen molar-refractivity contribution in [1.29, 1.82) is 0 Å². The van der Waals surface area contributed by atoms with E-state index in [1.807, 2.05) is 0 Å². The molecule has 1 aromatic carbocycles. The highest BCUT2D eigenvalue weighted by Gasteiger charge is 2.14. The topological polar surface area (TPSA) is 20.2 Å². The first kappa shape index (κ1) is 8.93. The Hall–Kier alpha value is -0.165. The molecule has 1 N–H and O–H groups in total. The third-order valence-corrected chi connectivity index (χ3v) is 1.89. The number of benzene rings is 1. The van der Waals surface area contributed by atoms with Crippen LogP contribution in [-0.2, 0) is 0 Å². The summed E-state index contributed by atoms with van der Waals surface area (Å²) >= 11 is 1.60. The van der Waals surface area contributed by atoms with Crippen LogP contribution in [0.5, 0.6) is 0 Å². The molecule has 0 atom stereocenters. The third-order valence-electron chi connectivity index (χ3n) is 1.21. The molecule has 0 aliphatic rings. The van der Waals surface area contributed by atoms with Gasteiger partial charge in [-0.2, -0.15) is 0 Å². The van der Waals surface area contributed by atoms with Gasteiger partial charge < -0.3 is 5.02 Å². The Balaban J connectivity index is 3.13. The molecule has 0 saturated heterocycles. The van der Waals surface area contributed by atoms with E-state index >= 15 is 0 Å².